The third-order valence-corrected chi connectivity index (χ3v) is 5.05. The van der Waals surface area contributed by atoms with Crippen molar-refractivity contribution >= 4 is 23.2 Å². The van der Waals surface area contributed by atoms with Gasteiger partial charge in [0.1, 0.15) is 24.7 Å². The van der Waals surface area contributed by atoms with Gasteiger partial charge in [0, 0.05) is 26.2 Å². The highest BCUT2D eigenvalue weighted by Gasteiger charge is 2.08. The molecule has 0 aliphatic heterocycles. The summed E-state index contributed by atoms with van der Waals surface area (Å²) >= 11 is 0. The number of amides is 2. The number of carbonyl (C=O) groups is 2. The van der Waals surface area contributed by atoms with Gasteiger partial charge in [-0.25, -0.2) is 0 Å². The standard InChI is InChI=1S/C27H31N3O4/c1-30(2)27(32)17-14-21-12-15-22(16-13-21)28-20-26(31)29-24-10-6-7-11-25(24)34-19-18-33-23-8-4-3-5-9-23/h3-13,15-16,28H,14,17-20H2,1-2H3,(H,29,31). The molecule has 2 N–H and O–H groups in total. The number of aryl methyl sites for hydroxylation is 1. The number of hydrogen-bond donors (Lipinski definition) is 2. The average Bonchev–Trinajstić information content (AvgIpc) is 2.86. The Hall–Kier alpha value is -4.00. The van der Waals surface area contributed by atoms with E-state index in [4.69, 9.17) is 9.47 Å². The fourth-order valence-electron chi connectivity index (χ4n) is 3.16. The number of nitrogens with zero attached hydrogens (tertiary/aromatic N) is 1. The minimum Gasteiger partial charge on any atom is -0.490 e. The molecule has 0 heterocycles. The topological polar surface area (TPSA) is 79.9 Å². The van der Waals surface area contributed by atoms with Crippen LogP contribution in [0.1, 0.15) is 12.0 Å². The number of benzene rings is 3. The summed E-state index contributed by atoms with van der Waals surface area (Å²) in [5.74, 6) is 1.29. The fraction of sp³-hybridized carbons (Fsp3) is 0.259. The smallest absolute Gasteiger partial charge is 0.243 e. The average molecular weight is 462 g/mol. The van der Waals surface area contributed by atoms with Crippen LogP contribution in [0.5, 0.6) is 11.5 Å². The van der Waals surface area contributed by atoms with Crippen LogP contribution in [0.2, 0.25) is 0 Å². The van der Waals surface area contributed by atoms with Crippen molar-refractivity contribution < 1.29 is 19.1 Å². The van der Waals surface area contributed by atoms with E-state index >= 15 is 0 Å². The van der Waals surface area contributed by atoms with Gasteiger partial charge in [-0.1, -0.05) is 42.5 Å². The second-order valence-electron chi connectivity index (χ2n) is 7.89. The summed E-state index contributed by atoms with van der Waals surface area (Å²) in [5.41, 5.74) is 2.52. The van der Waals surface area contributed by atoms with E-state index in [-0.39, 0.29) is 18.4 Å². The van der Waals surface area contributed by atoms with Crippen molar-refractivity contribution in [2.24, 2.45) is 0 Å². The van der Waals surface area contributed by atoms with E-state index in [1.54, 1.807) is 25.1 Å². The van der Waals surface area contributed by atoms with E-state index in [9.17, 15) is 9.59 Å². The highest BCUT2D eigenvalue weighted by Crippen LogP contribution is 2.23. The Labute approximate surface area is 200 Å². The molecule has 7 heteroatoms. The lowest BCUT2D eigenvalue weighted by Crippen LogP contribution is -2.22. The van der Waals surface area contributed by atoms with Crippen molar-refractivity contribution in [2.75, 3.05) is 44.5 Å². The van der Waals surface area contributed by atoms with E-state index in [0.717, 1.165) is 17.0 Å². The molecule has 0 saturated heterocycles. The largest absolute Gasteiger partial charge is 0.490 e. The number of hydrogen-bond acceptors (Lipinski definition) is 5. The molecule has 0 radical (unpaired) electrons. The van der Waals surface area contributed by atoms with Crippen molar-refractivity contribution in [3.63, 3.8) is 0 Å². The van der Waals surface area contributed by atoms with Crippen molar-refractivity contribution in [1.29, 1.82) is 0 Å². The van der Waals surface area contributed by atoms with E-state index in [1.807, 2.05) is 72.8 Å². The first-order valence-electron chi connectivity index (χ1n) is 11.2. The Kier molecular flexibility index (Phi) is 9.34. The van der Waals surface area contributed by atoms with Gasteiger partial charge in [0.15, 0.2) is 0 Å². The Balaban J connectivity index is 1.42. The first kappa shape index (κ1) is 24.6. The Morgan fingerprint density at radius 2 is 1.50 bits per heavy atom. The van der Waals surface area contributed by atoms with E-state index < -0.39 is 0 Å². The molecule has 0 fully saturated rings. The summed E-state index contributed by atoms with van der Waals surface area (Å²) in [6.07, 6.45) is 1.16. The second-order valence-corrected chi connectivity index (χ2v) is 7.89. The molecule has 0 spiro atoms. The quantitative estimate of drug-likeness (QED) is 0.395. The predicted molar refractivity (Wildman–Crippen MR) is 134 cm³/mol. The van der Waals surface area contributed by atoms with Crippen molar-refractivity contribution in [1.82, 2.24) is 4.90 Å². The van der Waals surface area contributed by atoms with Gasteiger partial charge in [-0.2, -0.15) is 0 Å². The van der Waals surface area contributed by atoms with Crippen LogP contribution in [-0.4, -0.2) is 50.6 Å². The number of para-hydroxylation sites is 3. The number of anilines is 2. The van der Waals surface area contributed by atoms with Crippen molar-refractivity contribution in [2.45, 2.75) is 12.8 Å². The van der Waals surface area contributed by atoms with Crippen LogP contribution in [0.25, 0.3) is 0 Å². The lowest BCUT2D eigenvalue weighted by Gasteiger charge is -2.14. The Morgan fingerprint density at radius 3 is 2.24 bits per heavy atom. The minimum absolute atomic E-state index is 0.104. The molecule has 0 unspecified atom stereocenters. The van der Waals surface area contributed by atoms with Crippen LogP contribution in [0.15, 0.2) is 78.9 Å². The maximum Gasteiger partial charge on any atom is 0.243 e. The van der Waals surface area contributed by atoms with Crippen LogP contribution < -0.4 is 20.1 Å². The molecular formula is C27H31N3O4. The zero-order valence-electron chi connectivity index (χ0n) is 19.6. The number of nitrogens with one attached hydrogen (secondary N) is 2. The molecule has 3 aromatic carbocycles. The van der Waals surface area contributed by atoms with Gasteiger partial charge in [-0.3, -0.25) is 9.59 Å². The van der Waals surface area contributed by atoms with Crippen molar-refractivity contribution in [3.8, 4) is 11.5 Å². The molecule has 34 heavy (non-hydrogen) atoms. The summed E-state index contributed by atoms with van der Waals surface area (Å²) in [4.78, 5) is 25.8. The normalized spacial score (nSPS) is 10.3. The molecule has 0 aliphatic rings. The lowest BCUT2D eigenvalue weighted by molar-refractivity contribution is -0.128. The molecule has 0 aliphatic carbocycles. The molecule has 3 aromatic rings. The van der Waals surface area contributed by atoms with Gasteiger partial charge >= 0.3 is 0 Å². The van der Waals surface area contributed by atoms with Gasteiger partial charge in [0.05, 0.1) is 12.2 Å². The highest BCUT2D eigenvalue weighted by atomic mass is 16.5. The summed E-state index contributed by atoms with van der Waals surface area (Å²) < 4.78 is 11.4. The second kappa shape index (κ2) is 12.9. The predicted octanol–water partition coefficient (Wildman–Crippen LogP) is 4.22. The monoisotopic (exact) mass is 461 g/mol. The van der Waals surface area contributed by atoms with Gasteiger partial charge in [0.25, 0.3) is 0 Å². The zero-order valence-corrected chi connectivity index (χ0v) is 19.6. The lowest BCUT2D eigenvalue weighted by atomic mass is 10.1. The molecular weight excluding hydrogens is 430 g/mol. The first-order valence-corrected chi connectivity index (χ1v) is 11.2. The fourth-order valence-corrected chi connectivity index (χ4v) is 3.16. The van der Waals surface area contributed by atoms with Gasteiger partial charge in [-0.15, -0.1) is 0 Å². The maximum absolute atomic E-state index is 12.5. The summed E-state index contributed by atoms with van der Waals surface area (Å²) in [6.45, 7) is 0.865. The number of ether oxygens (including phenoxy) is 2. The van der Waals surface area contributed by atoms with E-state index in [1.165, 1.54) is 0 Å². The number of carbonyl (C=O) groups excluding carboxylic acids is 2. The van der Waals surface area contributed by atoms with Crippen LogP contribution in [0.3, 0.4) is 0 Å². The van der Waals surface area contributed by atoms with E-state index in [2.05, 4.69) is 10.6 Å². The first-order chi connectivity index (χ1) is 16.5. The molecule has 178 valence electrons. The van der Waals surface area contributed by atoms with Crippen LogP contribution in [0.4, 0.5) is 11.4 Å². The summed E-state index contributed by atoms with van der Waals surface area (Å²) in [6, 6.07) is 24.6. The molecule has 0 atom stereocenters. The Morgan fingerprint density at radius 1 is 0.824 bits per heavy atom. The third-order valence-electron chi connectivity index (χ3n) is 5.05. The zero-order chi connectivity index (χ0) is 24.2. The number of rotatable bonds is 12. The molecule has 0 aromatic heterocycles. The summed E-state index contributed by atoms with van der Waals surface area (Å²) in [7, 11) is 3.51. The molecule has 3 rings (SSSR count). The molecule has 7 nitrogen and oxygen atoms in total. The maximum atomic E-state index is 12.5. The SMILES string of the molecule is CN(C)C(=O)CCc1ccc(NCC(=O)Nc2ccccc2OCCOc2ccccc2)cc1. The molecule has 0 saturated carbocycles. The molecule has 0 bridgehead atoms. The van der Waals surface area contributed by atoms with Crippen LogP contribution in [0, 0.1) is 0 Å². The minimum atomic E-state index is -0.183. The van der Waals surface area contributed by atoms with Crippen LogP contribution >= 0.6 is 0 Å². The van der Waals surface area contributed by atoms with Gasteiger partial charge in [0.2, 0.25) is 11.8 Å². The van der Waals surface area contributed by atoms with Gasteiger partial charge < -0.3 is 25.0 Å². The summed E-state index contributed by atoms with van der Waals surface area (Å²) in [5, 5.41) is 6.00. The van der Waals surface area contributed by atoms with E-state index in [0.29, 0.717) is 37.5 Å². The third kappa shape index (κ3) is 8.16. The highest BCUT2D eigenvalue weighted by molar-refractivity contribution is 5.95. The Bertz CT molecular complexity index is 1050. The van der Waals surface area contributed by atoms with Gasteiger partial charge in [-0.05, 0) is 48.4 Å². The van der Waals surface area contributed by atoms with Crippen LogP contribution in [-0.2, 0) is 16.0 Å². The van der Waals surface area contributed by atoms with Crippen molar-refractivity contribution in [3.05, 3.63) is 84.4 Å². The molecule has 2 amide bonds.